The fourth-order valence-corrected chi connectivity index (χ4v) is 2.96. The summed E-state index contributed by atoms with van der Waals surface area (Å²) in [6.45, 7) is 1.33. The lowest BCUT2D eigenvalue weighted by atomic mass is 10.1. The second-order valence-electron chi connectivity index (χ2n) is 5.74. The van der Waals surface area contributed by atoms with Crippen molar-refractivity contribution >= 4 is 29.6 Å². The highest BCUT2D eigenvalue weighted by atomic mass is 35.5. The Morgan fingerprint density at radius 3 is 2.76 bits per heavy atom. The minimum Gasteiger partial charge on any atom is -0.496 e. The van der Waals surface area contributed by atoms with E-state index < -0.39 is 5.97 Å². The van der Waals surface area contributed by atoms with Crippen molar-refractivity contribution in [2.75, 3.05) is 26.9 Å². The van der Waals surface area contributed by atoms with Crippen LogP contribution in [0.3, 0.4) is 0 Å². The number of rotatable bonds is 7. The second kappa shape index (κ2) is 9.44. The van der Waals surface area contributed by atoms with Crippen LogP contribution in [0.5, 0.6) is 5.75 Å². The molecule has 25 heavy (non-hydrogen) atoms. The van der Waals surface area contributed by atoms with Crippen LogP contribution in [-0.2, 0) is 14.3 Å². The Morgan fingerprint density at radius 1 is 1.40 bits per heavy atom. The molecule has 0 aliphatic carbocycles. The molecule has 1 heterocycles. The number of ether oxygens (including phenoxy) is 2. The lowest BCUT2D eigenvalue weighted by Crippen LogP contribution is -2.43. The third-order valence-electron chi connectivity index (χ3n) is 4.08. The number of benzene rings is 1. The van der Waals surface area contributed by atoms with Gasteiger partial charge in [0.2, 0.25) is 5.91 Å². The monoisotopic (exact) mass is 367 g/mol. The van der Waals surface area contributed by atoms with Gasteiger partial charge in [0, 0.05) is 42.5 Å². The molecule has 1 aliphatic rings. The quantitative estimate of drug-likeness (QED) is 0.750. The highest BCUT2D eigenvalue weighted by Crippen LogP contribution is 2.24. The summed E-state index contributed by atoms with van der Waals surface area (Å²) in [5, 5.41) is 9.48. The largest absolute Gasteiger partial charge is 0.496 e. The average molecular weight is 368 g/mol. The van der Waals surface area contributed by atoms with Gasteiger partial charge in [0.25, 0.3) is 0 Å². The number of carbonyl (C=O) groups excluding carboxylic acids is 1. The molecule has 7 heteroatoms. The van der Waals surface area contributed by atoms with Gasteiger partial charge >= 0.3 is 5.97 Å². The summed E-state index contributed by atoms with van der Waals surface area (Å²) in [7, 11) is 1.55. The first-order valence-corrected chi connectivity index (χ1v) is 8.51. The number of hydrogen-bond donors (Lipinski definition) is 1. The van der Waals surface area contributed by atoms with Crippen molar-refractivity contribution < 1.29 is 24.2 Å². The Morgan fingerprint density at radius 2 is 2.12 bits per heavy atom. The molecule has 1 amide bonds. The zero-order valence-corrected chi connectivity index (χ0v) is 14.9. The highest BCUT2D eigenvalue weighted by Gasteiger charge is 2.24. The van der Waals surface area contributed by atoms with Gasteiger partial charge in [-0.05, 0) is 37.1 Å². The van der Waals surface area contributed by atoms with Gasteiger partial charge in [0.15, 0.2) is 0 Å². The second-order valence-corrected chi connectivity index (χ2v) is 6.17. The number of nitrogens with zero attached hydrogens (tertiary/aromatic N) is 1. The van der Waals surface area contributed by atoms with Crippen LogP contribution in [-0.4, -0.2) is 54.8 Å². The van der Waals surface area contributed by atoms with Crippen molar-refractivity contribution in [1.29, 1.82) is 0 Å². The Balaban J connectivity index is 2.14. The van der Waals surface area contributed by atoms with E-state index in [0.29, 0.717) is 42.4 Å². The summed E-state index contributed by atoms with van der Waals surface area (Å²) in [5.41, 5.74) is 0.688. The van der Waals surface area contributed by atoms with Gasteiger partial charge < -0.3 is 19.5 Å². The summed E-state index contributed by atoms with van der Waals surface area (Å²) < 4.78 is 10.6. The van der Waals surface area contributed by atoms with Crippen LogP contribution < -0.4 is 4.74 Å². The van der Waals surface area contributed by atoms with E-state index in [0.717, 1.165) is 0 Å². The Labute approximate surface area is 152 Å². The molecule has 0 unspecified atom stereocenters. The smallest absolute Gasteiger partial charge is 0.305 e. The molecule has 0 radical (unpaired) electrons. The fourth-order valence-electron chi connectivity index (χ4n) is 2.78. The Hall–Kier alpha value is -2.05. The molecule has 6 nitrogen and oxygen atoms in total. The zero-order valence-electron chi connectivity index (χ0n) is 14.1. The molecule has 0 bridgehead atoms. The first-order chi connectivity index (χ1) is 12.0. The minimum atomic E-state index is -0.926. The van der Waals surface area contributed by atoms with Gasteiger partial charge in [-0.3, -0.25) is 9.59 Å². The Bertz CT molecular complexity index is 640. The van der Waals surface area contributed by atoms with Gasteiger partial charge in [-0.15, -0.1) is 0 Å². The van der Waals surface area contributed by atoms with Crippen molar-refractivity contribution in [2.45, 2.75) is 25.3 Å². The molecule has 136 valence electrons. The number of carbonyl (C=O) groups is 2. The zero-order chi connectivity index (χ0) is 18.2. The van der Waals surface area contributed by atoms with E-state index in [-0.39, 0.29) is 24.9 Å². The SMILES string of the molecule is COc1ccc(Cl)cc1/C=C/C(=O)N(CCC(=O)O)C1CCOCC1. The summed E-state index contributed by atoms with van der Waals surface area (Å²) in [5.74, 6) is -0.544. The number of amides is 1. The van der Waals surface area contributed by atoms with E-state index in [9.17, 15) is 9.59 Å². The summed E-state index contributed by atoms with van der Waals surface area (Å²) in [6, 6.07) is 5.14. The van der Waals surface area contributed by atoms with Crippen molar-refractivity contribution in [3.63, 3.8) is 0 Å². The van der Waals surface area contributed by atoms with Crippen molar-refractivity contribution in [3.8, 4) is 5.75 Å². The Kier molecular flexibility index (Phi) is 7.28. The number of carboxylic acid groups (broad SMARTS) is 1. The molecule has 2 rings (SSSR count). The van der Waals surface area contributed by atoms with E-state index in [2.05, 4.69) is 0 Å². The van der Waals surface area contributed by atoms with Gasteiger partial charge in [-0.1, -0.05) is 11.6 Å². The summed E-state index contributed by atoms with van der Waals surface area (Å²) >= 11 is 5.99. The molecule has 1 aliphatic heterocycles. The van der Waals surface area contributed by atoms with Crippen LogP contribution >= 0.6 is 11.6 Å². The van der Waals surface area contributed by atoms with Crippen LogP contribution in [0.15, 0.2) is 24.3 Å². The van der Waals surface area contributed by atoms with Gasteiger partial charge in [-0.2, -0.15) is 0 Å². The van der Waals surface area contributed by atoms with Crippen molar-refractivity contribution in [2.24, 2.45) is 0 Å². The number of aliphatic carboxylic acids is 1. The molecule has 1 saturated heterocycles. The van der Waals surface area contributed by atoms with Crippen LogP contribution in [0.4, 0.5) is 0 Å². The fraction of sp³-hybridized carbons (Fsp3) is 0.444. The number of carboxylic acids is 1. The molecule has 1 aromatic rings. The van der Waals surface area contributed by atoms with E-state index in [1.165, 1.54) is 6.08 Å². The van der Waals surface area contributed by atoms with E-state index >= 15 is 0 Å². The summed E-state index contributed by atoms with van der Waals surface area (Å²) in [4.78, 5) is 25.2. The topological polar surface area (TPSA) is 76.1 Å². The number of halogens is 1. The maximum absolute atomic E-state index is 12.6. The molecule has 1 fully saturated rings. The van der Waals surface area contributed by atoms with Crippen molar-refractivity contribution in [1.82, 2.24) is 4.90 Å². The van der Waals surface area contributed by atoms with Crippen LogP contribution in [0, 0.1) is 0 Å². The van der Waals surface area contributed by atoms with E-state index in [4.69, 9.17) is 26.2 Å². The van der Waals surface area contributed by atoms with Gasteiger partial charge in [0.05, 0.1) is 13.5 Å². The minimum absolute atomic E-state index is 0.00786. The van der Waals surface area contributed by atoms with Crippen molar-refractivity contribution in [3.05, 3.63) is 34.9 Å². The predicted molar refractivity (Wildman–Crippen MR) is 94.8 cm³/mol. The van der Waals surface area contributed by atoms with Crippen LogP contribution in [0.1, 0.15) is 24.8 Å². The lowest BCUT2D eigenvalue weighted by molar-refractivity contribution is -0.138. The first kappa shape index (κ1) is 19.3. The molecule has 0 saturated carbocycles. The third-order valence-corrected chi connectivity index (χ3v) is 4.31. The van der Waals surface area contributed by atoms with Crippen LogP contribution in [0.2, 0.25) is 5.02 Å². The number of hydrogen-bond acceptors (Lipinski definition) is 4. The van der Waals surface area contributed by atoms with Gasteiger partial charge in [-0.25, -0.2) is 0 Å². The van der Waals surface area contributed by atoms with Gasteiger partial charge in [0.1, 0.15) is 5.75 Å². The molecule has 0 spiro atoms. The molecule has 0 aromatic heterocycles. The molecule has 0 atom stereocenters. The summed E-state index contributed by atoms with van der Waals surface area (Å²) in [6.07, 6.45) is 4.41. The molecule has 1 aromatic carbocycles. The predicted octanol–water partition coefficient (Wildman–Crippen LogP) is 2.84. The third kappa shape index (κ3) is 5.76. The lowest BCUT2D eigenvalue weighted by Gasteiger charge is -2.33. The maximum atomic E-state index is 12.6. The first-order valence-electron chi connectivity index (χ1n) is 8.13. The maximum Gasteiger partial charge on any atom is 0.305 e. The molecular weight excluding hydrogens is 346 g/mol. The molecule has 1 N–H and O–H groups in total. The normalized spacial score (nSPS) is 15.3. The number of methoxy groups -OCH3 is 1. The van der Waals surface area contributed by atoms with Crippen LogP contribution in [0.25, 0.3) is 6.08 Å². The highest BCUT2D eigenvalue weighted by molar-refractivity contribution is 6.30. The standard InChI is InChI=1S/C18H22ClNO5/c1-24-16-4-3-14(19)12-13(16)2-5-17(21)20(9-6-18(22)23)15-7-10-25-11-8-15/h2-5,12,15H,6-11H2,1H3,(H,22,23)/b5-2+. The van der Waals surface area contributed by atoms with E-state index in [1.54, 1.807) is 36.3 Å². The van der Waals surface area contributed by atoms with E-state index in [1.807, 2.05) is 0 Å². The molecular formula is C18H22ClNO5. The average Bonchev–Trinajstić information content (AvgIpc) is 2.61.